The van der Waals surface area contributed by atoms with Crippen LogP contribution in [0.15, 0.2) is 0 Å². The number of hydrogen-bond acceptors (Lipinski definition) is 7. The summed E-state index contributed by atoms with van der Waals surface area (Å²) in [5.41, 5.74) is 0. The number of rotatable bonds is 6. The van der Waals surface area contributed by atoms with Crippen LogP contribution in [0.4, 0.5) is 0 Å². The molecule has 9 nitrogen and oxygen atoms in total. The van der Waals surface area contributed by atoms with Gasteiger partial charge in [-0.05, 0) is 6.92 Å². The van der Waals surface area contributed by atoms with Gasteiger partial charge in [-0.15, -0.1) is 0 Å². The molecule has 0 saturated carbocycles. The van der Waals surface area contributed by atoms with Gasteiger partial charge in [-0.1, -0.05) is 13.8 Å². The van der Waals surface area contributed by atoms with Gasteiger partial charge in [-0.3, -0.25) is 0 Å². The van der Waals surface area contributed by atoms with E-state index in [0.717, 1.165) is 25.8 Å². The summed E-state index contributed by atoms with van der Waals surface area (Å²) in [5, 5.41) is 15.5. The van der Waals surface area contributed by atoms with Crippen LogP contribution in [-0.2, 0) is 25.3 Å². The van der Waals surface area contributed by atoms with Gasteiger partial charge in [0, 0.05) is 0 Å². The molecule has 0 bridgehead atoms. The van der Waals surface area contributed by atoms with Crippen molar-refractivity contribution in [3.8, 4) is 6.01 Å². The number of hydrogen-bond donors (Lipinski definition) is 0. The van der Waals surface area contributed by atoms with E-state index >= 15 is 0 Å². The second-order valence-electron chi connectivity index (χ2n) is 4.26. The summed E-state index contributed by atoms with van der Waals surface area (Å²) >= 11 is 0.930. The minimum absolute atomic E-state index is 0.186. The van der Waals surface area contributed by atoms with E-state index in [1.54, 1.807) is 23.1 Å². The molecule has 0 amide bonds. The van der Waals surface area contributed by atoms with E-state index < -0.39 is 5.97 Å². The Morgan fingerprint density at radius 3 is 2.39 bits per heavy atom. The Kier molecular flexibility index (Phi) is 8.13. The average Bonchev–Trinajstić information content (AvgIpc) is 3.07. The monoisotopic (exact) mass is 517 g/mol. The van der Waals surface area contributed by atoms with Crippen LogP contribution in [0.2, 0.25) is 0 Å². The molecule has 0 aliphatic heterocycles. The van der Waals surface area contributed by atoms with Gasteiger partial charge in [0.05, 0.1) is 0 Å². The van der Waals surface area contributed by atoms with Crippen LogP contribution in [0, 0.1) is 6.92 Å². The predicted octanol–water partition coefficient (Wildman–Crippen LogP) is 0.183. The molecule has 0 aliphatic rings. The Balaban J connectivity index is 0.00000127. The molecular formula is C13H21N6O3Pb. The molecule has 2 aromatic rings. The second kappa shape index (κ2) is 9.58. The molecule has 0 fully saturated rings. The van der Waals surface area contributed by atoms with Crippen molar-refractivity contribution in [2.24, 2.45) is 14.1 Å². The van der Waals surface area contributed by atoms with E-state index in [1.807, 2.05) is 20.9 Å². The van der Waals surface area contributed by atoms with Gasteiger partial charge >= 0.3 is 130 Å². The number of nitrogens with zero attached hydrogens (tertiary/aromatic N) is 6. The average molecular weight is 517 g/mol. The van der Waals surface area contributed by atoms with Crippen LogP contribution >= 0.6 is 0 Å². The fourth-order valence-electron chi connectivity index (χ4n) is 1.64. The minimum atomic E-state index is -0.503. The van der Waals surface area contributed by atoms with Crippen LogP contribution in [0.3, 0.4) is 0 Å². The Labute approximate surface area is 151 Å². The molecule has 2 rings (SSSR count). The quantitative estimate of drug-likeness (QED) is 0.399. The van der Waals surface area contributed by atoms with Gasteiger partial charge in [0.1, 0.15) is 0 Å². The summed E-state index contributed by atoms with van der Waals surface area (Å²) in [5.74, 6) is 1.03. The molecule has 3 radical (unpaired) electrons. The number of carbonyl (C=O) groups is 1. The zero-order chi connectivity index (χ0) is 17.4. The first-order chi connectivity index (χ1) is 11.0. The Morgan fingerprint density at radius 1 is 1.13 bits per heavy atom. The van der Waals surface area contributed by atoms with Crippen molar-refractivity contribution >= 4 is 31.7 Å². The number of aromatic nitrogens is 6. The first-order valence-corrected chi connectivity index (χ1v) is 9.98. The zero-order valence-electron chi connectivity index (χ0n) is 14.0. The molecule has 0 aliphatic carbocycles. The fraction of sp³-hybridized carbons (Fsp3) is 0.615. The Bertz CT molecular complexity index is 640. The molecule has 0 spiro atoms. The molecule has 0 unspecified atom stereocenters. The first-order valence-electron chi connectivity index (χ1n) is 7.23. The van der Waals surface area contributed by atoms with Crippen molar-refractivity contribution in [1.29, 1.82) is 0 Å². The van der Waals surface area contributed by atoms with E-state index in [-0.39, 0.29) is 12.4 Å². The fourth-order valence-corrected chi connectivity index (χ4v) is 2.14. The van der Waals surface area contributed by atoms with Crippen molar-refractivity contribution < 1.29 is 14.3 Å². The molecule has 0 saturated heterocycles. The van der Waals surface area contributed by atoms with Gasteiger partial charge in [0.15, 0.2) is 0 Å². The first kappa shape index (κ1) is 19.5. The maximum absolute atomic E-state index is 11.9. The van der Waals surface area contributed by atoms with Crippen LogP contribution in [0.1, 0.15) is 36.1 Å². The van der Waals surface area contributed by atoms with Gasteiger partial charge in [0.25, 0.3) is 0 Å². The third-order valence-corrected chi connectivity index (χ3v) is 3.52. The van der Waals surface area contributed by atoms with Crippen molar-refractivity contribution in [2.45, 2.75) is 27.2 Å². The van der Waals surface area contributed by atoms with E-state index in [9.17, 15) is 4.79 Å². The summed E-state index contributed by atoms with van der Waals surface area (Å²) in [4.78, 5) is 11.9. The van der Waals surface area contributed by atoms with Crippen LogP contribution in [0.25, 0.3) is 0 Å². The molecule has 125 valence electrons. The zero-order valence-corrected chi connectivity index (χ0v) is 17.9. The van der Waals surface area contributed by atoms with Crippen LogP contribution < -0.4 is 4.74 Å². The van der Waals surface area contributed by atoms with E-state index in [1.165, 1.54) is 0 Å². The molecule has 23 heavy (non-hydrogen) atoms. The normalized spacial score (nSPS) is 10.0. The molecule has 0 atom stereocenters. The predicted molar refractivity (Wildman–Crippen MR) is 83.3 cm³/mol. The van der Waals surface area contributed by atoms with Crippen LogP contribution in [0.5, 0.6) is 6.01 Å². The summed E-state index contributed by atoms with van der Waals surface area (Å²) in [6.45, 7) is 5.96. The topological polar surface area (TPSA) is 97.0 Å². The maximum atomic E-state index is 11.9. The Hall–Kier alpha value is -1.53. The van der Waals surface area contributed by atoms with E-state index in [0.29, 0.717) is 28.2 Å². The van der Waals surface area contributed by atoms with Crippen molar-refractivity contribution in [3.63, 3.8) is 0 Å². The number of esters is 1. The van der Waals surface area contributed by atoms with Gasteiger partial charge in [-0.2, -0.15) is 0 Å². The Morgan fingerprint density at radius 2 is 1.83 bits per heavy atom. The van der Waals surface area contributed by atoms with Crippen molar-refractivity contribution in [3.05, 3.63) is 17.5 Å². The number of ether oxygens (including phenoxy) is 2. The summed E-state index contributed by atoms with van der Waals surface area (Å²) in [7, 11) is 3.53. The van der Waals surface area contributed by atoms with Gasteiger partial charge < -0.3 is 0 Å². The van der Waals surface area contributed by atoms with Crippen LogP contribution in [-0.4, -0.2) is 72.0 Å². The standard InChI is InChI=1S/C11H15N6O3.C2H6.Pb/c1-7-12-14-9(16(7)2)10(18)20-6-5-8-13-15-11(19-4)17(8)3;1-2;/h4-6H2,1-3H3;1-2H3;. The van der Waals surface area contributed by atoms with Gasteiger partial charge in [0.2, 0.25) is 0 Å². The molecule has 0 aromatic carbocycles. The molecule has 2 heterocycles. The second-order valence-corrected chi connectivity index (χ2v) is 5.38. The third-order valence-electron chi connectivity index (χ3n) is 2.96. The van der Waals surface area contributed by atoms with E-state index in [2.05, 4.69) is 20.4 Å². The number of aryl methyl sites for hydroxylation is 1. The molecule has 10 heteroatoms. The summed E-state index contributed by atoms with van der Waals surface area (Å²) < 4.78 is 14.5. The summed E-state index contributed by atoms with van der Waals surface area (Å²) in [6.07, 6.45) is 0.455. The molecule has 0 N–H and O–H groups in total. The van der Waals surface area contributed by atoms with Crippen molar-refractivity contribution in [2.75, 3.05) is 10.8 Å². The molecular weight excluding hydrogens is 495 g/mol. The number of carbonyl (C=O) groups excluding carboxylic acids is 1. The van der Waals surface area contributed by atoms with E-state index in [4.69, 9.17) is 9.47 Å². The SMILES string of the molecule is CC.Cc1nnc(C(=O)OCCc2nnc(O[CH2][Pb])n2C)n1C. The molecule has 2 aromatic heterocycles. The van der Waals surface area contributed by atoms with Crippen molar-refractivity contribution in [1.82, 2.24) is 29.5 Å². The third kappa shape index (κ3) is 4.97. The summed E-state index contributed by atoms with van der Waals surface area (Å²) in [6, 6.07) is 0.482. The van der Waals surface area contributed by atoms with Gasteiger partial charge in [-0.25, -0.2) is 0 Å².